The number of hydrazone groups is 1. The van der Waals surface area contributed by atoms with Crippen molar-refractivity contribution in [2.75, 3.05) is 5.32 Å². The minimum atomic E-state index is -0.284. The second-order valence-electron chi connectivity index (χ2n) is 8.20. The first-order valence-electron chi connectivity index (χ1n) is 11.3. The highest BCUT2D eigenvalue weighted by atomic mass is 16.2. The average Bonchev–Trinajstić information content (AvgIpc) is 3.55. The Kier molecular flexibility index (Phi) is 5.17. The summed E-state index contributed by atoms with van der Waals surface area (Å²) in [5, 5.41) is 15.4. The molecule has 0 saturated carbocycles. The number of anilines is 1. The van der Waals surface area contributed by atoms with E-state index in [0.29, 0.717) is 17.8 Å². The van der Waals surface area contributed by atoms with E-state index in [1.807, 2.05) is 48.5 Å². The number of nitrogens with one attached hydrogen (secondary N) is 1. The molecule has 0 bridgehead atoms. The lowest BCUT2D eigenvalue weighted by atomic mass is 10.0. The molecule has 7 nitrogen and oxygen atoms in total. The molecule has 1 aliphatic heterocycles. The van der Waals surface area contributed by atoms with Crippen molar-refractivity contribution in [3.8, 4) is 11.8 Å². The maximum absolute atomic E-state index is 13.1. The Morgan fingerprint density at radius 3 is 2.80 bits per heavy atom. The van der Waals surface area contributed by atoms with Crippen LogP contribution >= 0.6 is 0 Å². The molecule has 1 N–H and O–H groups in total. The van der Waals surface area contributed by atoms with Crippen LogP contribution in [0.1, 0.15) is 29.3 Å². The highest BCUT2D eigenvalue weighted by Gasteiger charge is 2.28. The third kappa shape index (κ3) is 4.09. The molecule has 168 valence electrons. The number of benzene rings is 3. The first kappa shape index (κ1) is 20.6. The number of rotatable bonds is 2. The summed E-state index contributed by atoms with van der Waals surface area (Å²) in [4.78, 5) is 17.4. The topological polar surface area (TPSA) is 74.9 Å². The molecule has 2 aromatic heterocycles. The van der Waals surface area contributed by atoms with Crippen molar-refractivity contribution in [3.63, 3.8) is 0 Å². The summed E-state index contributed by atoms with van der Waals surface area (Å²) < 4.78 is 1.69. The number of hydrogen-bond acceptors (Lipinski definition) is 4. The van der Waals surface area contributed by atoms with Gasteiger partial charge in [0.05, 0.1) is 12.2 Å². The first-order valence-corrected chi connectivity index (χ1v) is 11.3. The number of hydrogen-bond donors (Lipinski definition) is 1. The molecule has 5 aromatic rings. The molecule has 1 atom stereocenters. The lowest BCUT2D eigenvalue weighted by Gasteiger charge is -2.23. The maximum Gasteiger partial charge on any atom is 0.342 e. The molecular formula is C28H20N6O. The predicted octanol–water partition coefficient (Wildman–Crippen LogP) is 5.25. The Morgan fingerprint density at radius 2 is 1.86 bits per heavy atom. The second-order valence-corrected chi connectivity index (χ2v) is 8.20. The standard InChI is InChI=1S/C28H20N6O/c35-28(34-26(14-16-31-34)23-12-11-21-6-1-2-7-22(21)18-23)32-24-8-3-5-20(17-24)10-13-25-19-29-27-9-4-15-30-33(25)27/h1-9,11-12,15-19,26H,14H2,(H,32,35). The van der Waals surface area contributed by atoms with Crippen LogP contribution in [0.2, 0.25) is 0 Å². The first-order chi connectivity index (χ1) is 17.2. The van der Waals surface area contributed by atoms with Crippen LogP contribution in [0.3, 0.4) is 0 Å². The maximum atomic E-state index is 13.1. The molecule has 3 heterocycles. The zero-order chi connectivity index (χ0) is 23.6. The van der Waals surface area contributed by atoms with Gasteiger partial charge in [0.25, 0.3) is 0 Å². The van der Waals surface area contributed by atoms with E-state index in [4.69, 9.17) is 0 Å². The zero-order valence-corrected chi connectivity index (χ0v) is 18.7. The van der Waals surface area contributed by atoms with Crippen LogP contribution in [0.5, 0.6) is 0 Å². The molecule has 0 fully saturated rings. The van der Waals surface area contributed by atoms with Crippen molar-refractivity contribution in [2.24, 2.45) is 5.10 Å². The second kappa shape index (κ2) is 8.76. The van der Waals surface area contributed by atoms with Gasteiger partial charge in [0.2, 0.25) is 0 Å². The molecule has 0 radical (unpaired) electrons. The van der Waals surface area contributed by atoms with Gasteiger partial charge in [0, 0.05) is 30.1 Å². The zero-order valence-electron chi connectivity index (χ0n) is 18.7. The van der Waals surface area contributed by atoms with Gasteiger partial charge in [-0.1, -0.05) is 48.4 Å². The largest absolute Gasteiger partial charge is 0.342 e. The Labute approximate surface area is 201 Å². The van der Waals surface area contributed by atoms with Crippen molar-refractivity contribution in [1.29, 1.82) is 0 Å². The van der Waals surface area contributed by atoms with Crippen LogP contribution in [-0.4, -0.2) is 31.9 Å². The minimum Gasteiger partial charge on any atom is -0.306 e. The summed E-state index contributed by atoms with van der Waals surface area (Å²) in [6, 6.07) is 25.2. The predicted molar refractivity (Wildman–Crippen MR) is 136 cm³/mol. The van der Waals surface area contributed by atoms with Crippen molar-refractivity contribution in [2.45, 2.75) is 12.5 Å². The lowest BCUT2D eigenvalue weighted by molar-refractivity contribution is 0.200. The van der Waals surface area contributed by atoms with Crippen molar-refractivity contribution in [3.05, 3.63) is 108 Å². The lowest BCUT2D eigenvalue weighted by Crippen LogP contribution is -2.31. The van der Waals surface area contributed by atoms with Crippen molar-refractivity contribution < 1.29 is 4.79 Å². The van der Waals surface area contributed by atoms with Crippen molar-refractivity contribution in [1.82, 2.24) is 19.6 Å². The van der Waals surface area contributed by atoms with Crippen LogP contribution in [0.4, 0.5) is 10.5 Å². The average molecular weight is 457 g/mol. The van der Waals surface area contributed by atoms with Crippen LogP contribution < -0.4 is 5.32 Å². The Hall–Kier alpha value is -4.96. The van der Waals surface area contributed by atoms with Crippen LogP contribution in [0, 0.1) is 11.8 Å². The number of amides is 2. The van der Waals surface area contributed by atoms with Gasteiger partial charge in [0.15, 0.2) is 5.65 Å². The summed E-state index contributed by atoms with van der Waals surface area (Å²) in [6.45, 7) is 0. The Balaban J connectivity index is 1.20. The Morgan fingerprint density at radius 1 is 0.943 bits per heavy atom. The van der Waals surface area contributed by atoms with Gasteiger partial charge in [-0.15, -0.1) is 0 Å². The molecule has 6 rings (SSSR count). The number of carbonyl (C=O) groups excluding carboxylic acids is 1. The van der Waals surface area contributed by atoms with Crippen LogP contribution in [0.25, 0.3) is 16.4 Å². The fourth-order valence-corrected chi connectivity index (χ4v) is 4.21. The number of carbonyl (C=O) groups is 1. The van der Waals surface area contributed by atoms with Gasteiger partial charge < -0.3 is 5.32 Å². The van der Waals surface area contributed by atoms with E-state index in [-0.39, 0.29) is 12.1 Å². The monoisotopic (exact) mass is 456 g/mol. The molecule has 0 spiro atoms. The molecule has 3 aromatic carbocycles. The van der Waals surface area contributed by atoms with E-state index in [0.717, 1.165) is 22.2 Å². The van der Waals surface area contributed by atoms with Gasteiger partial charge >= 0.3 is 6.03 Å². The van der Waals surface area contributed by atoms with Gasteiger partial charge in [-0.05, 0) is 58.7 Å². The number of imidazole rings is 1. The number of aromatic nitrogens is 3. The van der Waals surface area contributed by atoms with E-state index < -0.39 is 0 Å². The highest BCUT2D eigenvalue weighted by molar-refractivity contribution is 5.91. The molecule has 2 amide bonds. The highest BCUT2D eigenvalue weighted by Crippen LogP contribution is 2.31. The van der Waals surface area contributed by atoms with Crippen LogP contribution in [0.15, 0.2) is 96.4 Å². The van der Waals surface area contributed by atoms with E-state index in [9.17, 15) is 4.79 Å². The summed E-state index contributed by atoms with van der Waals surface area (Å²) in [5.41, 5.74) is 3.91. The summed E-state index contributed by atoms with van der Waals surface area (Å²) in [7, 11) is 0. The van der Waals surface area contributed by atoms with Gasteiger partial charge in [-0.25, -0.2) is 19.3 Å². The van der Waals surface area contributed by atoms with E-state index in [2.05, 4.69) is 62.7 Å². The molecule has 0 aliphatic carbocycles. The van der Waals surface area contributed by atoms with E-state index in [1.54, 1.807) is 23.1 Å². The van der Waals surface area contributed by atoms with E-state index in [1.165, 1.54) is 10.4 Å². The van der Waals surface area contributed by atoms with Gasteiger partial charge in [-0.2, -0.15) is 10.2 Å². The smallest absolute Gasteiger partial charge is 0.306 e. The summed E-state index contributed by atoms with van der Waals surface area (Å²) >= 11 is 0. The van der Waals surface area contributed by atoms with Crippen molar-refractivity contribution >= 4 is 34.4 Å². The normalized spacial score (nSPS) is 14.7. The van der Waals surface area contributed by atoms with Gasteiger partial charge in [0.1, 0.15) is 5.69 Å². The fraction of sp³-hybridized carbons (Fsp3) is 0.0714. The fourth-order valence-electron chi connectivity index (χ4n) is 4.21. The molecule has 1 aliphatic rings. The van der Waals surface area contributed by atoms with Gasteiger partial charge in [-0.3, -0.25) is 0 Å². The van der Waals surface area contributed by atoms with E-state index >= 15 is 0 Å². The number of urea groups is 1. The number of nitrogens with zero attached hydrogens (tertiary/aromatic N) is 5. The number of fused-ring (bicyclic) bond motifs is 2. The van der Waals surface area contributed by atoms with Crippen LogP contribution in [-0.2, 0) is 0 Å². The quantitative estimate of drug-likeness (QED) is 0.369. The SMILES string of the molecule is O=C(Nc1cccc(C#Cc2cnc3cccnn23)c1)N1N=CCC1c1ccc2ccccc2c1. The molecule has 7 heteroatoms. The third-order valence-corrected chi connectivity index (χ3v) is 5.92. The minimum absolute atomic E-state index is 0.148. The molecular weight excluding hydrogens is 436 g/mol. The summed E-state index contributed by atoms with van der Waals surface area (Å²) in [6.07, 6.45) is 5.84. The Bertz CT molecular complexity index is 1660. The molecule has 0 saturated heterocycles. The summed E-state index contributed by atoms with van der Waals surface area (Å²) in [5.74, 6) is 6.23. The molecule has 35 heavy (non-hydrogen) atoms. The molecule has 1 unspecified atom stereocenters. The third-order valence-electron chi connectivity index (χ3n) is 5.92.